The first kappa shape index (κ1) is 21.6. The summed E-state index contributed by atoms with van der Waals surface area (Å²) in [6, 6.07) is 7.82. The van der Waals surface area contributed by atoms with Crippen LogP contribution in [0.4, 0.5) is 0 Å². The Kier molecular flexibility index (Phi) is 6.47. The number of nitrogens with zero attached hydrogens (tertiary/aromatic N) is 3. The van der Waals surface area contributed by atoms with Crippen LogP contribution in [0.3, 0.4) is 0 Å². The monoisotopic (exact) mass is 425 g/mol. The van der Waals surface area contributed by atoms with Gasteiger partial charge in [0.05, 0.1) is 12.6 Å². The lowest BCUT2D eigenvalue weighted by molar-refractivity contribution is -0.136. The normalized spacial score (nSPS) is 21.2. The van der Waals surface area contributed by atoms with E-state index in [0.717, 1.165) is 44.9 Å². The molecule has 166 valence electrons. The molecule has 0 spiro atoms. The van der Waals surface area contributed by atoms with Gasteiger partial charge in [0.25, 0.3) is 0 Å². The Balaban J connectivity index is 1.31. The van der Waals surface area contributed by atoms with Crippen LogP contribution in [0.25, 0.3) is 0 Å². The molecule has 1 saturated carbocycles. The van der Waals surface area contributed by atoms with Crippen LogP contribution in [0, 0.1) is 17.2 Å². The van der Waals surface area contributed by atoms with E-state index in [1.807, 2.05) is 12.1 Å². The van der Waals surface area contributed by atoms with E-state index in [1.165, 1.54) is 0 Å². The number of Topliss-reactive ketones (excluding diaryl/α,β-unsaturated/α-hetero) is 1. The lowest BCUT2D eigenvalue weighted by atomic mass is 9.81. The van der Waals surface area contributed by atoms with Crippen molar-refractivity contribution in [1.82, 2.24) is 9.80 Å². The van der Waals surface area contributed by atoms with Crippen LogP contribution in [0.1, 0.15) is 55.3 Å². The molecule has 4 rings (SSSR count). The van der Waals surface area contributed by atoms with Crippen LogP contribution < -0.4 is 9.47 Å². The highest BCUT2D eigenvalue weighted by atomic mass is 16.6. The van der Waals surface area contributed by atoms with Crippen LogP contribution in [0.5, 0.6) is 11.5 Å². The molecular weight excluding hydrogens is 394 g/mol. The summed E-state index contributed by atoms with van der Waals surface area (Å²) in [5, 5.41) is 9.73. The lowest BCUT2D eigenvalue weighted by Crippen LogP contribution is -2.53. The van der Waals surface area contributed by atoms with Gasteiger partial charge in [-0.1, -0.05) is 19.3 Å². The van der Waals surface area contributed by atoms with Gasteiger partial charge in [-0.2, -0.15) is 5.26 Å². The van der Waals surface area contributed by atoms with Gasteiger partial charge < -0.3 is 14.4 Å². The number of hydrogen-bond acceptors (Lipinski definition) is 6. The highest BCUT2D eigenvalue weighted by Gasteiger charge is 2.39. The van der Waals surface area contributed by atoms with E-state index < -0.39 is 5.54 Å². The standard InChI is InChI=1S/C24H31N3O4/c1-26(24(17-25)9-3-2-4-10-24)22(28)16-27-11-7-18(8-12-27)23(29)19-5-6-20-21(15-19)31-14-13-30-20/h5-6,15,18H,2-4,7-14,16H2,1H3. The topological polar surface area (TPSA) is 82.9 Å². The van der Waals surface area contributed by atoms with E-state index >= 15 is 0 Å². The molecule has 1 aliphatic carbocycles. The molecule has 1 saturated heterocycles. The predicted octanol–water partition coefficient (Wildman–Crippen LogP) is 3.04. The zero-order valence-corrected chi connectivity index (χ0v) is 18.3. The average molecular weight is 426 g/mol. The number of hydrogen-bond donors (Lipinski definition) is 0. The lowest BCUT2D eigenvalue weighted by Gasteiger charge is -2.40. The molecule has 0 aromatic heterocycles. The third-order valence-electron chi connectivity index (χ3n) is 7.05. The third-order valence-corrected chi connectivity index (χ3v) is 7.05. The summed E-state index contributed by atoms with van der Waals surface area (Å²) in [6.45, 7) is 2.76. The smallest absolute Gasteiger partial charge is 0.237 e. The summed E-state index contributed by atoms with van der Waals surface area (Å²) in [7, 11) is 1.77. The SMILES string of the molecule is CN(C(=O)CN1CCC(C(=O)c2ccc3c(c2)OCCO3)CC1)C1(C#N)CCCCC1. The van der Waals surface area contributed by atoms with Crippen molar-refractivity contribution < 1.29 is 19.1 Å². The van der Waals surface area contributed by atoms with Crippen molar-refractivity contribution in [2.45, 2.75) is 50.5 Å². The minimum Gasteiger partial charge on any atom is -0.486 e. The molecule has 2 heterocycles. The van der Waals surface area contributed by atoms with Gasteiger partial charge in [-0.3, -0.25) is 14.5 Å². The second-order valence-electron chi connectivity index (χ2n) is 8.93. The van der Waals surface area contributed by atoms with E-state index in [1.54, 1.807) is 18.0 Å². The van der Waals surface area contributed by atoms with Crippen LogP contribution in [-0.2, 0) is 4.79 Å². The van der Waals surface area contributed by atoms with E-state index in [-0.39, 0.29) is 17.6 Å². The second-order valence-corrected chi connectivity index (χ2v) is 8.93. The summed E-state index contributed by atoms with van der Waals surface area (Å²) in [5.41, 5.74) is 0.00811. The molecule has 0 N–H and O–H groups in total. The molecule has 0 atom stereocenters. The highest BCUT2D eigenvalue weighted by Crippen LogP contribution is 2.34. The third kappa shape index (κ3) is 4.54. The summed E-state index contributed by atoms with van der Waals surface area (Å²) < 4.78 is 11.1. The molecule has 7 nitrogen and oxygen atoms in total. The predicted molar refractivity (Wildman–Crippen MR) is 115 cm³/mol. The summed E-state index contributed by atoms with van der Waals surface area (Å²) in [6.07, 6.45) is 6.12. The van der Waals surface area contributed by atoms with Gasteiger partial charge in [-0.15, -0.1) is 0 Å². The minimum atomic E-state index is -0.651. The molecule has 0 radical (unpaired) electrons. The number of ether oxygens (including phenoxy) is 2. The fraction of sp³-hybridized carbons (Fsp3) is 0.625. The quantitative estimate of drug-likeness (QED) is 0.675. The zero-order chi connectivity index (χ0) is 21.8. The number of fused-ring (bicyclic) bond motifs is 1. The van der Waals surface area contributed by atoms with Crippen LogP contribution in [0.2, 0.25) is 0 Å². The molecule has 7 heteroatoms. The number of piperidine rings is 1. The van der Waals surface area contributed by atoms with Crippen LogP contribution >= 0.6 is 0 Å². The molecule has 0 unspecified atom stereocenters. The number of likely N-dealkylation sites (tertiary alicyclic amines) is 1. The number of nitriles is 1. The molecule has 2 aliphatic heterocycles. The molecular formula is C24H31N3O4. The molecule has 3 aliphatic rings. The van der Waals surface area contributed by atoms with Gasteiger partial charge >= 0.3 is 0 Å². The highest BCUT2D eigenvalue weighted by molar-refractivity contribution is 5.98. The van der Waals surface area contributed by atoms with Crippen molar-refractivity contribution in [3.8, 4) is 17.6 Å². The first-order chi connectivity index (χ1) is 15.0. The van der Waals surface area contributed by atoms with Crippen molar-refractivity contribution in [3.05, 3.63) is 23.8 Å². The van der Waals surface area contributed by atoms with Crippen LogP contribution in [0.15, 0.2) is 18.2 Å². The number of rotatable bonds is 5. The Morgan fingerprint density at radius 1 is 1.13 bits per heavy atom. The first-order valence-electron chi connectivity index (χ1n) is 11.4. The maximum atomic E-state index is 13.0. The number of ketones is 1. The van der Waals surface area contributed by atoms with Gasteiger partial charge in [-0.05, 0) is 57.0 Å². The van der Waals surface area contributed by atoms with Gasteiger partial charge in [0.1, 0.15) is 18.8 Å². The Hall–Kier alpha value is -2.59. The molecule has 1 amide bonds. The maximum absolute atomic E-state index is 13.0. The number of benzene rings is 1. The largest absolute Gasteiger partial charge is 0.486 e. The van der Waals surface area contributed by atoms with Crippen molar-refractivity contribution in [2.24, 2.45) is 5.92 Å². The molecule has 1 aromatic rings. The van der Waals surface area contributed by atoms with Gasteiger partial charge in [0.15, 0.2) is 17.3 Å². The number of carbonyl (C=O) groups excluding carboxylic acids is 2. The summed E-state index contributed by atoms with van der Waals surface area (Å²) >= 11 is 0. The maximum Gasteiger partial charge on any atom is 0.237 e. The van der Waals surface area contributed by atoms with Crippen LogP contribution in [-0.4, -0.2) is 66.9 Å². The van der Waals surface area contributed by atoms with E-state index in [0.29, 0.717) is 49.9 Å². The Bertz CT molecular complexity index is 864. The Morgan fingerprint density at radius 2 is 1.81 bits per heavy atom. The van der Waals surface area contributed by atoms with Gasteiger partial charge in [0, 0.05) is 18.5 Å². The Labute approximate surface area is 183 Å². The van der Waals surface area contributed by atoms with E-state index in [2.05, 4.69) is 11.0 Å². The number of likely N-dealkylation sites (N-methyl/N-ethyl adjacent to an activating group) is 1. The average Bonchev–Trinajstić information content (AvgIpc) is 2.83. The molecule has 2 fully saturated rings. The number of carbonyl (C=O) groups is 2. The minimum absolute atomic E-state index is 0.0000579. The molecule has 0 bridgehead atoms. The fourth-order valence-corrected chi connectivity index (χ4v) is 4.98. The van der Waals surface area contributed by atoms with Gasteiger partial charge in [0.2, 0.25) is 5.91 Å². The van der Waals surface area contributed by atoms with Crippen molar-refractivity contribution >= 4 is 11.7 Å². The van der Waals surface area contributed by atoms with E-state index in [4.69, 9.17) is 9.47 Å². The summed E-state index contributed by atoms with van der Waals surface area (Å²) in [4.78, 5) is 29.7. The van der Waals surface area contributed by atoms with Crippen molar-refractivity contribution in [3.63, 3.8) is 0 Å². The fourth-order valence-electron chi connectivity index (χ4n) is 4.98. The first-order valence-corrected chi connectivity index (χ1v) is 11.4. The van der Waals surface area contributed by atoms with E-state index in [9.17, 15) is 14.9 Å². The summed E-state index contributed by atoms with van der Waals surface area (Å²) in [5.74, 6) is 1.41. The number of amides is 1. The molecule has 1 aromatic carbocycles. The zero-order valence-electron chi connectivity index (χ0n) is 18.3. The van der Waals surface area contributed by atoms with Gasteiger partial charge in [-0.25, -0.2) is 0 Å². The van der Waals surface area contributed by atoms with Crippen molar-refractivity contribution in [1.29, 1.82) is 5.26 Å². The van der Waals surface area contributed by atoms with Crippen molar-refractivity contribution in [2.75, 3.05) is 39.9 Å². The molecule has 31 heavy (non-hydrogen) atoms. The second kappa shape index (κ2) is 9.27. The Morgan fingerprint density at radius 3 is 2.48 bits per heavy atom.